The largest absolute Gasteiger partial charge is 0.393 e. The third-order valence-corrected chi connectivity index (χ3v) is 4.36. The minimum absolute atomic E-state index is 0.106. The molecule has 7 heteroatoms. The third-order valence-electron chi connectivity index (χ3n) is 4.36. The summed E-state index contributed by atoms with van der Waals surface area (Å²) in [5, 5.41) is 0. The number of hydrogen-bond acceptors (Lipinski definition) is 3. The smallest absolute Gasteiger partial charge is 0.369 e. The minimum Gasteiger partial charge on any atom is -0.369 e. The van der Waals surface area contributed by atoms with Gasteiger partial charge in [-0.25, -0.2) is 0 Å². The molecular formula is C13H22F3N3O. The standard InChI is InChI=1S/C13H22F3N3O/c14-13(15,16)11-9-19(8-10(11)12(17)20)7-6-18-4-2-1-3-5-18/h10-11H,1-9H2,(H2,17,20)/t10-,11-/m1/s1. The molecule has 2 rings (SSSR count). The number of halogens is 3. The lowest BCUT2D eigenvalue weighted by Crippen LogP contribution is -2.37. The topological polar surface area (TPSA) is 49.6 Å². The van der Waals surface area contributed by atoms with Crippen molar-refractivity contribution < 1.29 is 18.0 Å². The first-order valence-electron chi connectivity index (χ1n) is 7.18. The van der Waals surface area contributed by atoms with E-state index in [0.717, 1.165) is 32.5 Å². The van der Waals surface area contributed by atoms with Gasteiger partial charge < -0.3 is 15.5 Å². The number of hydrogen-bond donors (Lipinski definition) is 1. The van der Waals surface area contributed by atoms with Crippen molar-refractivity contribution in [2.45, 2.75) is 25.4 Å². The quantitative estimate of drug-likeness (QED) is 0.843. The molecule has 1 amide bonds. The van der Waals surface area contributed by atoms with Crippen LogP contribution in [0.25, 0.3) is 0 Å². The van der Waals surface area contributed by atoms with Gasteiger partial charge in [0.05, 0.1) is 11.8 Å². The molecule has 0 unspecified atom stereocenters. The Hall–Kier alpha value is -0.820. The van der Waals surface area contributed by atoms with E-state index in [2.05, 4.69) is 4.90 Å². The Labute approximate surface area is 117 Å². The van der Waals surface area contributed by atoms with E-state index in [4.69, 9.17) is 5.73 Å². The Morgan fingerprint density at radius 3 is 2.15 bits per heavy atom. The number of alkyl halides is 3. The predicted molar refractivity (Wildman–Crippen MR) is 69.0 cm³/mol. The van der Waals surface area contributed by atoms with Crippen molar-refractivity contribution in [1.29, 1.82) is 0 Å². The minimum atomic E-state index is -4.35. The van der Waals surface area contributed by atoms with Crippen LogP contribution in [0.3, 0.4) is 0 Å². The van der Waals surface area contributed by atoms with Crippen LogP contribution in [0.1, 0.15) is 19.3 Å². The Morgan fingerprint density at radius 1 is 1.05 bits per heavy atom. The Balaban J connectivity index is 1.86. The summed E-state index contributed by atoms with van der Waals surface area (Å²) in [4.78, 5) is 15.2. The molecule has 20 heavy (non-hydrogen) atoms. The van der Waals surface area contributed by atoms with Crippen molar-refractivity contribution in [3.05, 3.63) is 0 Å². The van der Waals surface area contributed by atoms with Crippen LogP contribution in [0.4, 0.5) is 13.2 Å². The fraction of sp³-hybridized carbons (Fsp3) is 0.923. The summed E-state index contributed by atoms with van der Waals surface area (Å²) in [7, 11) is 0. The number of piperidine rings is 1. The van der Waals surface area contributed by atoms with E-state index in [1.54, 1.807) is 4.90 Å². The molecule has 2 N–H and O–H groups in total. The third kappa shape index (κ3) is 3.85. The van der Waals surface area contributed by atoms with Crippen molar-refractivity contribution in [3.8, 4) is 0 Å². The average Bonchev–Trinajstić information content (AvgIpc) is 2.82. The first kappa shape index (κ1) is 15.6. The Morgan fingerprint density at radius 2 is 1.65 bits per heavy atom. The van der Waals surface area contributed by atoms with E-state index in [1.807, 2.05) is 0 Å². The zero-order valence-corrected chi connectivity index (χ0v) is 11.5. The Kier molecular flexibility index (Phi) is 4.90. The van der Waals surface area contributed by atoms with Gasteiger partial charge in [0.25, 0.3) is 0 Å². The van der Waals surface area contributed by atoms with E-state index in [9.17, 15) is 18.0 Å². The molecule has 2 aliphatic rings. The predicted octanol–water partition coefficient (Wildman–Crippen LogP) is 1.07. The van der Waals surface area contributed by atoms with Crippen molar-refractivity contribution in [2.75, 3.05) is 39.3 Å². The van der Waals surface area contributed by atoms with E-state index in [1.165, 1.54) is 6.42 Å². The van der Waals surface area contributed by atoms with Gasteiger partial charge in [0, 0.05) is 26.2 Å². The van der Waals surface area contributed by atoms with Crippen LogP contribution >= 0.6 is 0 Å². The maximum Gasteiger partial charge on any atom is 0.393 e. The number of nitrogens with zero attached hydrogens (tertiary/aromatic N) is 2. The summed E-state index contributed by atoms with van der Waals surface area (Å²) < 4.78 is 38.7. The molecule has 0 bridgehead atoms. The molecular weight excluding hydrogens is 271 g/mol. The van der Waals surface area contributed by atoms with E-state index in [-0.39, 0.29) is 13.1 Å². The van der Waals surface area contributed by atoms with Crippen molar-refractivity contribution in [3.63, 3.8) is 0 Å². The van der Waals surface area contributed by atoms with Crippen LogP contribution in [-0.2, 0) is 4.79 Å². The highest BCUT2D eigenvalue weighted by Gasteiger charge is 2.51. The fourth-order valence-corrected chi connectivity index (χ4v) is 3.15. The average molecular weight is 293 g/mol. The van der Waals surface area contributed by atoms with Gasteiger partial charge in [-0.1, -0.05) is 6.42 Å². The second-order valence-electron chi connectivity index (χ2n) is 5.82. The number of likely N-dealkylation sites (tertiary alicyclic amines) is 2. The summed E-state index contributed by atoms with van der Waals surface area (Å²) in [6.07, 6.45) is -0.788. The van der Waals surface area contributed by atoms with Gasteiger partial charge in [0.15, 0.2) is 0 Å². The summed E-state index contributed by atoms with van der Waals surface area (Å²) in [6, 6.07) is 0. The highest BCUT2D eigenvalue weighted by atomic mass is 19.4. The van der Waals surface area contributed by atoms with Gasteiger partial charge in [-0.15, -0.1) is 0 Å². The summed E-state index contributed by atoms with van der Waals surface area (Å²) in [5.74, 6) is -3.55. The second kappa shape index (κ2) is 6.30. The van der Waals surface area contributed by atoms with Gasteiger partial charge in [0.1, 0.15) is 0 Å². The summed E-state index contributed by atoms with van der Waals surface area (Å²) in [6.45, 7) is 3.43. The lowest BCUT2D eigenvalue weighted by molar-refractivity contribution is -0.182. The van der Waals surface area contributed by atoms with Crippen molar-refractivity contribution in [2.24, 2.45) is 17.6 Å². The molecule has 2 fully saturated rings. The molecule has 0 radical (unpaired) electrons. The maximum absolute atomic E-state index is 12.9. The molecule has 116 valence electrons. The van der Waals surface area contributed by atoms with E-state index < -0.39 is 23.9 Å². The van der Waals surface area contributed by atoms with Crippen LogP contribution in [0, 0.1) is 11.8 Å². The molecule has 2 aliphatic heterocycles. The molecule has 4 nitrogen and oxygen atoms in total. The number of nitrogens with two attached hydrogens (primary N) is 1. The van der Waals surface area contributed by atoms with Gasteiger partial charge in [0.2, 0.25) is 5.91 Å². The lowest BCUT2D eigenvalue weighted by atomic mass is 9.95. The van der Waals surface area contributed by atoms with Crippen molar-refractivity contribution in [1.82, 2.24) is 9.80 Å². The molecule has 2 atom stereocenters. The normalized spacial score (nSPS) is 29.8. The molecule has 0 aromatic carbocycles. The Bertz CT molecular complexity index is 342. The fourth-order valence-electron chi connectivity index (χ4n) is 3.15. The summed E-state index contributed by atoms with van der Waals surface area (Å²) >= 11 is 0. The molecule has 0 saturated carbocycles. The van der Waals surface area contributed by atoms with E-state index in [0.29, 0.717) is 6.54 Å². The van der Waals surface area contributed by atoms with Crippen LogP contribution < -0.4 is 5.73 Å². The zero-order chi connectivity index (χ0) is 14.8. The summed E-state index contributed by atoms with van der Waals surface area (Å²) in [5.41, 5.74) is 5.11. The second-order valence-corrected chi connectivity index (χ2v) is 5.82. The van der Waals surface area contributed by atoms with Gasteiger partial charge >= 0.3 is 6.18 Å². The van der Waals surface area contributed by atoms with Crippen LogP contribution in [0.2, 0.25) is 0 Å². The van der Waals surface area contributed by atoms with Gasteiger partial charge in [-0.05, 0) is 25.9 Å². The van der Waals surface area contributed by atoms with Crippen LogP contribution in [0.5, 0.6) is 0 Å². The number of rotatable bonds is 4. The molecule has 0 spiro atoms. The maximum atomic E-state index is 12.9. The zero-order valence-electron chi connectivity index (χ0n) is 11.5. The highest BCUT2D eigenvalue weighted by Crippen LogP contribution is 2.37. The van der Waals surface area contributed by atoms with Crippen molar-refractivity contribution >= 4 is 5.91 Å². The molecule has 0 aliphatic carbocycles. The van der Waals surface area contributed by atoms with Crippen LogP contribution in [-0.4, -0.2) is 61.2 Å². The molecule has 2 saturated heterocycles. The molecule has 0 aromatic rings. The number of amides is 1. The van der Waals surface area contributed by atoms with Crippen LogP contribution in [0.15, 0.2) is 0 Å². The first-order valence-corrected chi connectivity index (χ1v) is 7.18. The first-order chi connectivity index (χ1) is 9.38. The monoisotopic (exact) mass is 293 g/mol. The SMILES string of the molecule is NC(=O)[C@@H]1CN(CCN2CCCCC2)C[C@H]1C(F)(F)F. The number of carbonyl (C=O) groups is 1. The lowest BCUT2D eigenvalue weighted by Gasteiger charge is -2.28. The number of primary amides is 1. The molecule has 0 aromatic heterocycles. The number of carbonyl (C=O) groups excluding carboxylic acids is 1. The highest BCUT2D eigenvalue weighted by molar-refractivity contribution is 5.77. The van der Waals surface area contributed by atoms with Gasteiger partial charge in [-0.3, -0.25) is 4.79 Å². The molecule has 2 heterocycles. The van der Waals surface area contributed by atoms with Gasteiger partial charge in [-0.2, -0.15) is 13.2 Å². The van der Waals surface area contributed by atoms with E-state index >= 15 is 0 Å².